The van der Waals surface area contributed by atoms with E-state index in [4.69, 9.17) is 13.9 Å². The molecule has 0 spiro atoms. The fourth-order valence-corrected chi connectivity index (χ4v) is 1.68. The SMILES string of the molecule is COCCOCC(=O)c1cc2cc(C)ccc2o1. The van der Waals surface area contributed by atoms with E-state index in [-0.39, 0.29) is 12.4 Å². The number of ketones is 1. The summed E-state index contributed by atoms with van der Waals surface area (Å²) in [7, 11) is 1.59. The Balaban J connectivity index is 2.04. The van der Waals surface area contributed by atoms with Crippen molar-refractivity contribution in [2.75, 3.05) is 26.9 Å². The van der Waals surface area contributed by atoms with Crippen molar-refractivity contribution in [3.8, 4) is 0 Å². The summed E-state index contributed by atoms with van der Waals surface area (Å²) in [5.41, 5.74) is 1.86. The van der Waals surface area contributed by atoms with Gasteiger partial charge in [-0.25, -0.2) is 0 Å². The Kier molecular flexibility index (Phi) is 4.12. The highest BCUT2D eigenvalue weighted by atomic mass is 16.5. The predicted octanol–water partition coefficient (Wildman–Crippen LogP) is 2.59. The Labute approximate surface area is 105 Å². The van der Waals surface area contributed by atoms with Crippen molar-refractivity contribution in [2.45, 2.75) is 6.92 Å². The quantitative estimate of drug-likeness (QED) is 0.582. The minimum atomic E-state index is -0.153. The number of hydrogen-bond donors (Lipinski definition) is 0. The predicted molar refractivity (Wildman–Crippen MR) is 68.0 cm³/mol. The summed E-state index contributed by atoms with van der Waals surface area (Å²) >= 11 is 0. The van der Waals surface area contributed by atoms with E-state index in [1.165, 1.54) is 0 Å². The molecule has 0 aliphatic carbocycles. The molecule has 1 heterocycles. The maximum absolute atomic E-state index is 11.8. The molecule has 4 nitrogen and oxygen atoms in total. The molecule has 0 aliphatic rings. The number of ether oxygens (including phenoxy) is 2. The number of methoxy groups -OCH3 is 1. The van der Waals surface area contributed by atoms with Crippen LogP contribution in [0.5, 0.6) is 0 Å². The van der Waals surface area contributed by atoms with Crippen LogP contribution in [0.15, 0.2) is 28.7 Å². The van der Waals surface area contributed by atoms with Crippen LogP contribution in [-0.4, -0.2) is 32.7 Å². The average Bonchev–Trinajstić information content (AvgIpc) is 2.77. The van der Waals surface area contributed by atoms with Crippen LogP contribution in [0.4, 0.5) is 0 Å². The van der Waals surface area contributed by atoms with Crippen molar-refractivity contribution in [3.05, 3.63) is 35.6 Å². The first kappa shape index (κ1) is 12.8. The van der Waals surface area contributed by atoms with Crippen LogP contribution < -0.4 is 0 Å². The second-order valence-electron chi connectivity index (χ2n) is 4.12. The normalized spacial score (nSPS) is 11.0. The Morgan fingerprint density at radius 3 is 2.89 bits per heavy atom. The smallest absolute Gasteiger partial charge is 0.223 e. The third kappa shape index (κ3) is 2.97. The summed E-state index contributed by atoms with van der Waals surface area (Å²) in [6, 6.07) is 7.56. The monoisotopic (exact) mass is 248 g/mol. The number of Topliss-reactive ketones (excluding diaryl/α,β-unsaturated/α-hetero) is 1. The van der Waals surface area contributed by atoms with Gasteiger partial charge in [-0.2, -0.15) is 0 Å². The van der Waals surface area contributed by atoms with Gasteiger partial charge in [0.1, 0.15) is 12.2 Å². The standard InChI is InChI=1S/C14H16O4/c1-10-3-4-13-11(7-10)8-14(18-13)12(15)9-17-6-5-16-2/h3-4,7-8H,5-6,9H2,1-2H3. The molecular formula is C14H16O4. The summed E-state index contributed by atoms with van der Waals surface area (Å²) in [4.78, 5) is 11.8. The Morgan fingerprint density at radius 2 is 2.11 bits per heavy atom. The van der Waals surface area contributed by atoms with E-state index in [0.717, 1.165) is 16.5 Å². The molecule has 0 radical (unpaired) electrons. The molecule has 1 aromatic carbocycles. The van der Waals surface area contributed by atoms with Gasteiger partial charge in [0.15, 0.2) is 5.76 Å². The maximum Gasteiger partial charge on any atom is 0.223 e. The molecule has 0 aliphatic heterocycles. The fraction of sp³-hybridized carbons (Fsp3) is 0.357. The first-order valence-electron chi connectivity index (χ1n) is 5.81. The lowest BCUT2D eigenvalue weighted by molar-refractivity contribution is 0.0559. The number of carbonyl (C=O) groups is 1. The highest BCUT2D eigenvalue weighted by Gasteiger charge is 2.12. The molecule has 0 bridgehead atoms. The van der Waals surface area contributed by atoms with Gasteiger partial charge in [0.25, 0.3) is 0 Å². The van der Waals surface area contributed by atoms with Gasteiger partial charge >= 0.3 is 0 Å². The number of fused-ring (bicyclic) bond motifs is 1. The van der Waals surface area contributed by atoms with Gasteiger partial charge in [0.2, 0.25) is 5.78 Å². The third-order valence-electron chi connectivity index (χ3n) is 2.61. The van der Waals surface area contributed by atoms with Gasteiger partial charge in [-0.3, -0.25) is 4.79 Å². The molecule has 0 atom stereocenters. The van der Waals surface area contributed by atoms with Crippen molar-refractivity contribution in [1.29, 1.82) is 0 Å². The number of hydrogen-bond acceptors (Lipinski definition) is 4. The maximum atomic E-state index is 11.8. The lowest BCUT2D eigenvalue weighted by atomic mass is 10.2. The van der Waals surface area contributed by atoms with Crippen LogP contribution in [0.25, 0.3) is 11.0 Å². The molecule has 1 aromatic heterocycles. The minimum absolute atomic E-state index is 0.0160. The first-order chi connectivity index (χ1) is 8.70. The molecule has 0 saturated heterocycles. The summed E-state index contributed by atoms with van der Waals surface area (Å²) in [5, 5.41) is 0.940. The molecule has 0 unspecified atom stereocenters. The van der Waals surface area contributed by atoms with E-state index in [1.54, 1.807) is 13.2 Å². The second kappa shape index (κ2) is 5.80. The van der Waals surface area contributed by atoms with Crippen molar-refractivity contribution in [2.24, 2.45) is 0 Å². The molecular weight excluding hydrogens is 232 g/mol. The summed E-state index contributed by atoms with van der Waals surface area (Å²) < 4.78 is 15.5. The number of rotatable bonds is 6. The summed E-state index contributed by atoms with van der Waals surface area (Å²) in [6.07, 6.45) is 0. The lowest BCUT2D eigenvalue weighted by Crippen LogP contribution is -2.11. The zero-order valence-corrected chi connectivity index (χ0v) is 10.6. The molecule has 0 saturated carbocycles. The van der Waals surface area contributed by atoms with Crippen LogP contribution >= 0.6 is 0 Å². The largest absolute Gasteiger partial charge is 0.453 e. The van der Waals surface area contributed by atoms with E-state index < -0.39 is 0 Å². The van der Waals surface area contributed by atoms with Crippen molar-refractivity contribution in [1.82, 2.24) is 0 Å². The summed E-state index contributed by atoms with van der Waals surface area (Å²) in [5.74, 6) is 0.188. The molecule has 2 aromatic rings. The van der Waals surface area contributed by atoms with Gasteiger partial charge in [0.05, 0.1) is 13.2 Å². The van der Waals surface area contributed by atoms with Gasteiger partial charge < -0.3 is 13.9 Å². The topological polar surface area (TPSA) is 48.7 Å². The first-order valence-corrected chi connectivity index (χ1v) is 5.81. The highest BCUT2D eigenvalue weighted by molar-refractivity contribution is 5.98. The van der Waals surface area contributed by atoms with E-state index in [2.05, 4.69) is 0 Å². The Morgan fingerprint density at radius 1 is 1.28 bits per heavy atom. The van der Waals surface area contributed by atoms with Gasteiger partial charge in [-0.05, 0) is 25.1 Å². The van der Waals surface area contributed by atoms with Gasteiger partial charge in [0, 0.05) is 12.5 Å². The summed E-state index contributed by atoms with van der Waals surface area (Å²) in [6.45, 7) is 2.90. The lowest BCUT2D eigenvalue weighted by Gasteiger charge is -2.00. The van der Waals surface area contributed by atoms with Crippen LogP contribution in [0.2, 0.25) is 0 Å². The molecule has 0 amide bonds. The van der Waals surface area contributed by atoms with E-state index >= 15 is 0 Å². The molecule has 4 heteroatoms. The zero-order chi connectivity index (χ0) is 13.0. The van der Waals surface area contributed by atoms with Crippen molar-refractivity contribution in [3.63, 3.8) is 0 Å². The van der Waals surface area contributed by atoms with Crippen molar-refractivity contribution >= 4 is 16.8 Å². The molecule has 2 rings (SSSR count). The Hall–Kier alpha value is -1.65. The van der Waals surface area contributed by atoms with Crippen LogP contribution in [0.1, 0.15) is 16.1 Å². The fourth-order valence-electron chi connectivity index (χ4n) is 1.68. The van der Waals surface area contributed by atoms with Gasteiger partial charge in [-0.15, -0.1) is 0 Å². The molecule has 96 valence electrons. The van der Waals surface area contributed by atoms with E-state index in [1.807, 2.05) is 25.1 Å². The molecule has 18 heavy (non-hydrogen) atoms. The number of furan rings is 1. The van der Waals surface area contributed by atoms with Crippen LogP contribution in [0, 0.1) is 6.92 Å². The van der Waals surface area contributed by atoms with E-state index in [9.17, 15) is 4.79 Å². The van der Waals surface area contributed by atoms with E-state index in [0.29, 0.717) is 19.0 Å². The highest BCUT2D eigenvalue weighted by Crippen LogP contribution is 2.20. The van der Waals surface area contributed by atoms with Crippen molar-refractivity contribution < 1.29 is 18.7 Å². The zero-order valence-electron chi connectivity index (χ0n) is 10.6. The Bertz CT molecular complexity index is 542. The van der Waals surface area contributed by atoms with Crippen LogP contribution in [0.3, 0.4) is 0 Å². The number of aryl methyl sites for hydroxylation is 1. The molecule has 0 fully saturated rings. The van der Waals surface area contributed by atoms with Crippen LogP contribution in [-0.2, 0) is 9.47 Å². The number of carbonyl (C=O) groups excluding carboxylic acids is 1. The molecule has 0 N–H and O–H groups in total. The number of benzene rings is 1. The van der Waals surface area contributed by atoms with Gasteiger partial charge in [-0.1, -0.05) is 11.6 Å². The second-order valence-corrected chi connectivity index (χ2v) is 4.12. The average molecular weight is 248 g/mol. The third-order valence-corrected chi connectivity index (χ3v) is 2.61. The minimum Gasteiger partial charge on any atom is -0.453 e.